The van der Waals surface area contributed by atoms with Gasteiger partial charge in [0.15, 0.2) is 0 Å². The first-order chi connectivity index (χ1) is 16.3. The lowest BCUT2D eigenvalue weighted by molar-refractivity contribution is -0.132. The van der Waals surface area contributed by atoms with Crippen LogP contribution in [0, 0.1) is 0 Å². The summed E-state index contributed by atoms with van der Waals surface area (Å²) in [6.07, 6.45) is 0.888. The van der Waals surface area contributed by atoms with Crippen molar-refractivity contribution in [3.8, 4) is 5.75 Å². The first-order valence-electron chi connectivity index (χ1n) is 11.2. The number of nitrogens with zero attached hydrogens (tertiary/aromatic N) is 1. The Hall–Kier alpha value is -3.38. The van der Waals surface area contributed by atoms with Gasteiger partial charge in [-0.1, -0.05) is 59.3 Å². The van der Waals surface area contributed by atoms with Crippen molar-refractivity contribution in [3.05, 3.63) is 99.5 Å². The van der Waals surface area contributed by atoms with E-state index in [0.29, 0.717) is 17.0 Å². The Morgan fingerprint density at radius 3 is 2.15 bits per heavy atom. The number of aliphatic hydroxyl groups excluding tert-OH is 1. The van der Waals surface area contributed by atoms with Crippen LogP contribution in [0.25, 0.3) is 5.76 Å². The number of hydrogen-bond donors (Lipinski definition) is 1. The molecule has 6 heteroatoms. The first kappa shape index (κ1) is 23.8. The highest BCUT2D eigenvalue weighted by Crippen LogP contribution is 2.42. The number of ether oxygens (including phenoxy) is 1. The maximum absolute atomic E-state index is 13.3. The Morgan fingerprint density at radius 2 is 1.59 bits per heavy atom. The number of aryl methyl sites for hydroxylation is 1. The number of ketones is 1. The van der Waals surface area contributed by atoms with Gasteiger partial charge in [0, 0.05) is 15.7 Å². The fourth-order valence-electron chi connectivity index (χ4n) is 4.07. The molecular formula is C28H26BrNO4. The maximum Gasteiger partial charge on any atom is 0.300 e. The van der Waals surface area contributed by atoms with Gasteiger partial charge in [-0.05, 0) is 67.8 Å². The second kappa shape index (κ2) is 9.85. The molecule has 1 heterocycles. The Kier molecular flexibility index (Phi) is 6.89. The van der Waals surface area contributed by atoms with Crippen LogP contribution >= 0.6 is 15.9 Å². The van der Waals surface area contributed by atoms with Crippen LogP contribution in [0.15, 0.2) is 82.8 Å². The van der Waals surface area contributed by atoms with Gasteiger partial charge in [0.05, 0.1) is 17.7 Å². The van der Waals surface area contributed by atoms with Crippen molar-refractivity contribution in [2.24, 2.45) is 0 Å². The van der Waals surface area contributed by atoms with E-state index in [2.05, 4.69) is 22.9 Å². The predicted molar refractivity (Wildman–Crippen MR) is 137 cm³/mol. The molecule has 1 unspecified atom stereocenters. The smallest absolute Gasteiger partial charge is 0.300 e. The summed E-state index contributed by atoms with van der Waals surface area (Å²) in [6.45, 7) is 5.94. The zero-order valence-electron chi connectivity index (χ0n) is 19.3. The lowest BCUT2D eigenvalue weighted by Crippen LogP contribution is -2.29. The van der Waals surface area contributed by atoms with Crippen LogP contribution < -0.4 is 9.64 Å². The number of carbonyl (C=O) groups is 2. The maximum atomic E-state index is 13.3. The van der Waals surface area contributed by atoms with Gasteiger partial charge in [-0.2, -0.15) is 0 Å². The third-order valence-corrected chi connectivity index (χ3v) is 6.28. The molecule has 1 aliphatic rings. The van der Waals surface area contributed by atoms with E-state index in [1.54, 1.807) is 48.5 Å². The zero-order chi connectivity index (χ0) is 24.4. The van der Waals surface area contributed by atoms with Gasteiger partial charge >= 0.3 is 0 Å². The van der Waals surface area contributed by atoms with E-state index in [1.807, 2.05) is 38.1 Å². The molecule has 0 aliphatic carbocycles. The van der Waals surface area contributed by atoms with Gasteiger partial charge in [0.1, 0.15) is 11.5 Å². The average molecular weight is 520 g/mol. The summed E-state index contributed by atoms with van der Waals surface area (Å²) < 4.78 is 6.57. The highest BCUT2D eigenvalue weighted by Gasteiger charge is 2.46. The van der Waals surface area contributed by atoms with Crippen LogP contribution in [-0.4, -0.2) is 22.9 Å². The highest BCUT2D eigenvalue weighted by atomic mass is 79.9. The molecule has 1 saturated heterocycles. The lowest BCUT2D eigenvalue weighted by Gasteiger charge is -2.26. The number of aliphatic hydroxyl groups is 1. The van der Waals surface area contributed by atoms with Crippen molar-refractivity contribution in [1.29, 1.82) is 0 Å². The second-order valence-electron chi connectivity index (χ2n) is 8.43. The van der Waals surface area contributed by atoms with E-state index >= 15 is 0 Å². The quantitative estimate of drug-likeness (QED) is 0.231. The number of hydrogen-bond acceptors (Lipinski definition) is 4. The fraction of sp³-hybridized carbons (Fsp3) is 0.214. The fourth-order valence-corrected chi connectivity index (χ4v) is 4.33. The molecule has 1 amide bonds. The van der Waals surface area contributed by atoms with Crippen molar-refractivity contribution in [2.75, 3.05) is 4.90 Å². The Morgan fingerprint density at radius 1 is 0.971 bits per heavy atom. The van der Waals surface area contributed by atoms with E-state index < -0.39 is 17.7 Å². The van der Waals surface area contributed by atoms with Gasteiger partial charge in [-0.15, -0.1) is 0 Å². The predicted octanol–water partition coefficient (Wildman–Crippen LogP) is 6.43. The van der Waals surface area contributed by atoms with Crippen LogP contribution in [0.4, 0.5) is 5.69 Å². The molecule has 174 valence electrons. The molecule has 0 saturated carbocycles. The molecule has 1 fully saturated rings. The van der Waals surface area contributed by atoms with Gasteiger partial charge in [-0.3, -0.25) is 14.5 Å². The number of anilines is 1. The lowest BCUT2D eigenvalue weighted by atomic mass is 9.94. The Balaban J connectivity index is 1.86. The summed E-state index contributed by atoms with van der Waals surface area (Å²) in [5, 5.41) is 11.2. The standard InChI is InChI=1S/C28H26BrNO4/c1-4-18-5-7-19(8-6-18)25-24(26(31)20-9-11-21(29)12-10-20)27(32)28(33)30(25)22-13-15-23(16-14-22)34-17(2)3/h5-17,25,31H,4H2,1-3H3/b26-24+. The summed E-state index contributed by atoms with van der Waals surface area (Å²) in [5.74, 6) is -0.917. The molecule has 4 rings (SSSR count). The molecule has 3 aromatic rings. The molecule has 0 bridgehead atoms. The summed E-state index contributed by atoms with van der Waals surface area (Å²) in [4.78, 5) is 28.0. The first-order valence-corrected chi connectivity index (χ1v) is 12.0. The molecule has 5 nitrogen and oxygen atoms in total. The molecule has 1 aliphatic heterocycles. The van der Waals surface area contributed by atoms with Crippen LogP contribution in [0.5, 0.6) is 5.75 Å². The largest absolute Gasteiger partial charge is 0.507 e. The van der Waals surface area contributed by atoms with Gasteiger partial charge < -0.3 is 9.84 Å². The summed E-state index contributed by atoms with van der Waals surface area (Å²) >= 11 is 3.39. The molecule has 1 atom stereocenters. The van der Waals surface area contributed by atoms with Gasteiger partial charge in [0.2, 0.25) is 0 Å². The Bertz CT molecular complexity index is 1230. The highest BCUT2D eigenvalue weighted by molar-refractivity contribution is 9.10. The molecule has 0 aromatic heterocycles. The molecule has 3 aromatic carbocycles. The van der Waals surface area contributed by atoms with Crippen molar-refractivity contribution < 1.29 is 19.4 Å². The number of amides is 1. The molecule has 34 heavy (non-hydrogen) atoms. The number of carbonyl (C=O) groups excluding carboxylic acids is 2. The minimum atomic E-state index is -0.758. The van der Waals surface area contributed by atoms with Crippen molar-refractivity contribution in [2.45, 2.75) is 39.3 Å². The molecule has 0 spiro atoms. The number of Topliss-reactive ketones (excluding diaryl/α,β-unsaturated/α-hetero) is 1. The zero-order valence-corrected chi connectivity index (χ0v) is 20.9. The van der Waals surface area contributed by atoms with Crippen LogP contribution in [0.1, 0.15) is 43.5 Å². The number of rotatable bonds is 6. The van der Waals surface area contributed by atoms with Gasteiger partial charge in [-0.25, -0.2) is 0 Å². The van der Waals surface area contributed by atoms with E-state index in [9.17, 15) is 14.7 Å². The normalized spacial score (nSPS) is 17.4. The van der Waals surface area contributed by atoms with E-state index in [1.165, 1.54) is 4.90 Å². The molecule has 1 N–H and O–H groups in total. The van der Waals surface area contributed by atoms with Crippen LogP contribution in [-0.2, 0) is 16.0 Å². The van der Waals surface area contributed by atoms with E-state index in [4.69, 9.17) is 4.74 Å². The molecular weight excluding hydrogens is 494 g/mol. The third-order valence-electron chi connectivity index (χ3n) is 5.75. The van der Waals surface area contributed by atoms with Crippen LogP contribution in [0.3, 0.4) is 0 Å². The third kappa shape index (κ3) is 4.64. The summed E-state index contributed by atoms with van der Waals surface area (Å²) in [5.41, 5.74) is 2.98. The Labute approximate surface area is 207 Å². The summed E-state index contributed by atoms with van der Waals surface area (Å²) in [6, 6.07) is 21.1. The minimum absolute atomic E-state index is 0.0167. The van der Waals surface area contributed by atoms with Gasteiger partial charge in [0.25, 0.3) is 11.7 Å². The van der Waals surface area contributed by atoms with Crippen LogP contribution in [0.2, 0.25) is 0 Å². The van der Waals surface area contributed by atoms with E-state index in [-0.39, 0.29) is 17.4 Å². The van der Waals surface area contributed by atoms with E-state index in [0.717, 1.165) is 22.0 Å². The van der Waals surface area contributed by atoms with Crippen molar-refractivity contribution >= 4 is 39.1 Å². The topological polar surface area (TPSA) is 66.8 Å². The van der Waals surface area contributed by atoms with Crippen molar-refractivity contribution in [1.82, 2.24) is 0 Å². The van der Waals surface area contributed by atoms with Crippen molar-refractivity contribution in [3.63, 3.8) is 0 Å². The number of benzene rings is 3. The SMILES string of the molecule is CCc1ccc(C2/C(=C(\O)c3ccc(Br)cc3)C(=O)C(=O)N2c2ccc(OC(C)C)cc2)cc1. The second-order valence-corrected chi connectivity index (χ2v) is 9.35. The summed E-state index contributed by atoms with van der Waals surface area (Å²) in [7, 11) is 0. The average Bonchev–Trinajstić information content (AvgIpc) is 3.10. The monoisotopic (exact) mass is 519 g/mol. The minimum Gasteiger partial charge on any atom is -0.507 e. The molecule has 0 radical (unpaired) electrons. The number of halogens is 1.